The Bertz CT molecular complexity index is 1180. The van der Waals surface area contributed by atoms with E-state index in [9.17, 15) is 4.79 Å². The predicted octanol–water partition coefficient (Wildman–Crippen LogP) is 3.06. The van der Waals surface area contributed by atoms with Crippen molar-refractivity contribution in [2.45, 2.75) is 6.92 Å². The second-order valence-corrected chi connectivity index (χ2v) is 8.14. The second kappa shape index (κ2) is 8.27. The number of aryl methyl sites for hydroxylation is 1. The molecule has 0 aliphatic carbocycles. The summed E-state index contributed by atoms with van der Waals surface area (Å²) in [6.07, 6.45) is 3.61. The first-order chi connectivity index (χ1) is 15.2. The zero-order chi connectivity index (χ0) is 21.2. The molecule has 0 atom stereocenters. The Kier molecular flexibility index (Phi) is 5.17. The first-order valence-corrected chi connectivity index (χ1v) is 11.0. The lowest BCUT2D eigenvalue weighted by Gasteiger charge is -2.34. The third-order valence-corrected chi connectivity index (χ3v) is 6.24. The van der Waals surface area contributed by atoms with Crippen molar-refractivity contribution in [3.63, 3.8) is 0 Å². The van der Waals surface area contributed by atoms with E-state index < -0.39 is 0 Å². The minimum Gasteiger partial charge on any atom is -0.352 e. The largest absolute Gasteiger partial charge is 0.352 e. The number of aromatic nitrogens is 5. The summed E-state index contributed by atoms with van der Waals surface area (Å²) in [4.78, 5) is 25.7. The molecule has 3 aromatic heterocycles. The zero-order valence-corrected chi connectivity index (χ0v) is 17.9. The molecule has 0 radical (unpaired) electrons. The molecule has 0 spiro atoms. The van der Waals surface area contributed by atoms with Crippen molar-refractivity contribution in [3.8, 4) is 16.4 Å². The summed E-state index contributed by atoms with van der Waals surface area (Å²) in [5, 5.41) is 11.4. The number of carbonyl (C=O) groups excluding carboxylic acids is 1. The van der Waals surface area contributed by atoms with E-state index in [2.05, 4.69) is 25.1 Å². The molecular weight excluding hydrogens is 410 g/mol. The summed E-state index contributed by atoms with van der Waals surface area (Å²) in [6, 6.07) is 13.8. The number of hydrogen-bond donors (Lipinski definition) is 0. The lowest BCUT2D eigenvalue weighted by molar-refractivity contribution is 0.0741. The fourth-order valence-corrected chi connectivity index (χ4v) is 4.42. The molecule has 0 unspecified atom stereocenters. The maximum atomic E-state index is 12.9. The summed E-state index contributed by atoms with van der Waals surface area (Å²) in [5.74, 6) is 2.40. The van der Waals surface area contributed by atoms with E-state index in [0.29, 0.717) is 31.9 Å². The normalized spacial score (nSPS) is 14.1. The van der Waals surface area contributed by atoms with E-state index in [1.165, 1.54) is 11.3 Å². The third kappa shape index (κ3) is 3.91. The van der Waals surface area contributed by atoms with Gasteiger partial charge in [-0.15, -0.1) is 21.5 Å². The number of thiazole rings is 1. The number of benzene rings is 1. The highest BCUT2D eigenvalue weighted by atomic mass is 32.1. The van der Waals surface area contributed by atoms with Gasteiger partial charge in [0, 0.05) is 49.5 Å². The number of anilines is 1. The highest BCUT2D eigenvalue weighted by molar-refractivity contribution is 7.13. The summed E-state index contributed by atoms with van der Waals surface area (Å²) in [7, 11) is 0. The van der Waals surface area contributed by atoms with Crippen molar-refractivity contribution in [3.05, 3.63) is 71.8 Å². The van der Waals surface area contributed by atoms with Crippen LogP contribution in [-0.2, 0) is 0 Å². The number of nitrogens with zero attached hydrogens (tertiary/aromatic N) is 7. The molecule has 0 N–H and O–H groups in total. The fraction of sp³-hybridized carbons (Fsp3) is 0.227. The smallest absolute Gasteiger partial charge is 0.273 e. The fourth-order valence-electron chi connectivity index (χ4n) is 3.62. The summed E-state index contributed by atoms with van der Waals surface area (Å²) in [5.41, 5.74) is 1.54. The van der Waals surface area contributed by atoms with Gasteiger partial charge in [-0.1, -0.05) is 30.3 Å². The monoisotopic (exact) mass is 431 g/mol. The molecule has 1 aliphatic heterocycles. The molecule has 5 rings (SSSR count). The van der Waals surface area contributed by atoms with Crippen LogP contribution in [0.3, 0.4) is 0 Å². The van der Waals surface area contributed by atoms with Crippen LogP contribution in [0.5, 0.6) is 0 Å². The van der Waals surface area contributed by atoms with Crippen LogP contribution in [0.2, 0.25) is 0 Å². The number of hydrogen-bond acceptors (Lipinski definition) is 7. The zero-order valence-electron chi connectivity index (χ0n) is 17.0. The highest BCUT2D eigenvalue weighted by Gasteiger charge is 2.25. The maximum Gasteiger partial charge on any atom is 0.273 e. The van der Waals surface area contributed by atoms with E-state index >= 15 is 0 Å². The number of carbonyl (C=O) groups is 1. The topological polar surface area (TPSA) is 80.0 Å². The molecule has 1 saturated heterocycles. The van der Waals surface area contributed by atoms with Gasteiger partial charge in [0.05, 0.1) is 0 Å². The molecule has 1 aliphatic rings. The van der Waals surface area contributed by atoms with E-state index in [1.54, 1.807) is 6.20 Å². The van der Waals surface area contributed by atoms with Gasteiger partial charge in [0.1, 0.15) is 16.5 Å². The molecule has 4 aromatic rings. The van der Waals surface area contributed by atoms with Crippen molar-refractivity contribution in [2.24, 2.45) is 0 Å². The first kappa shape index (κ1) is 19.4. The van der Waals surface area contributed by atoms with Crippen molar-refractivity contribution in [1.82, 2.24) is 29.6 Å². The van der Waals surface area contributed by atoms with Crippen LogP contribution in [0.4, 0.5) is 5.82 Å². The lowest BCUT2D eigenvalue weighted by atomic mass is 10.2. The molecular formula is C22H21N7OS. The van der Waals surface area contributed by atoms with Gasteiger partial charge in [0.15, 0.2) is 11.6 Å². The number of piperazine rings is 1. The molecule has 0 bridgehead atoms. The molecule has 1 fully saturated rings. The molecule has 1 amide bonds. The average molecular weight is 432 g/mol. The Morgan fingerprint density at radius 3 is 2.39 bits per heavy atom. The molecule has 4 heterocycles. The van der Waals surface area contributed by atoms with E-state index in [-0.39, 0.29) is 5.91 Å². The van der Waals surface area contributed by atoms with Crippen molar-refractivity contribution in [1.29, 1.82) is 0 Å². The summed E-state index contributed by atoms with van der Waals surface area (Å²) in [6.45, 7) is 4.60. The summed E-state index contributed by atoms with van der Waals surface area (Å²) >= 11 is 1.50. The van der Waals surface area contributed by atoms with Gasteiger partial charge in [0.25, 0.3) is 5.91 Å². The first-order valence-electron chi connectivity index (χ1n) is 10.1. The lowest BCUT2D eigenvalue weighted by Crippen LogP contribution is -2.49. The predicted molar refractivity (Wildman–Crippen MR) is 120 cm³/mol. The minimum absolute atomic E-state index is 0.0184. The van der Waals surface area contributed by atoms with Gasteiger partial charge in [0.2, 0.25) is 0 Å². The quantitative estimate of drug-likeness (QED) is 0.494. The van der Waals surface area contributed by atoms with Gasteiger partial charge >= 0.3 is 0 Å². The second-order valence-electron chi connectivity index (χ2n) is 7.28. The van der Waals surface area contributed by atoms with Gasteiger partial charge in [-0.3, -0.25) is 9.36 Å². The van der Waals surface area contributed by atoms with Crippen molar-refractivity contribution < 1.29 is 4.79 Å². The van der Waals surface area contributed by atoms with Crippen LogP contribution in [-0.4, -0.2) is 61.7 Å². The molecule has 1 aromatic carbocycles. The van der Waals surface area contributed by atoms with Gasteiger partial charge in [-0.25, -0.2) is 9.97 Å². The molecule has 8 nitrogen and oxygen atoms in total. The van der Waals surface area contributed by atoms with Crippen LogP contribution in [0.15, 0.2) is 60.2 Å². The van der Waals surface area contributed by atoms with Crippen LogP contribution in [0.1, 0.15) is 16.3 Å². The van der Waals surface area contributed by atoms with Crippen LogP contribution >= 0.6 is 11.3 Å². The molecule has 9 heteroatoms. The number of amides is 1. The number of imidazole rings is 1. The van der Waals surface area contributed by atoms with Crippen LogP contribution < -0.4 is 4.90 Å². The Morgan fingerprint density at radius 1 is 0.968 bits per heavy atom. The Labute approximate surface area is 183 Å². The summed E-state index contributed by atoms with van der Waals surface area (Å²) < 4.78 is 1.89. The third-order valence-electron chi connectivity index (χ3n) is 5.34. The molecule has 0 saturated carbocycles. The van der Waals surface area contributed by atoms with Crippen LogP contribution in [0, 0.1) is 6.92 Å². The average Bonchev–Trinajstić information content (AvgIpc) is 3.49. The molecule has 31 heavy (non-hydrogen) atoms. The van der Waals surface area contributed by atoms with Gasteiger partial charge < -0.3 is 9.80 Å². The van der Waals surface area contributed by atoms with Crippen molar-refractivity contribution in [2.75, 3.05) is 31.1 Å². The van der Waals surface area contributed by atoms with Gasteiger partial charge in [-0.05, 0) is 19.1 Å². The van der Waals surface area contributed by atoms with E-state index in [4.69, 9.17) is 0 Å². The van der Waals surface area contributed by atoms with Crippen molar-refractivity contribution >= 4 is 23.1 Å². The Morgan fingerprint density at radius 2 is 1.71 bits per heavy atom. The van der Waals surface area contributed by atoms with E-state index in [1.807, 2.05) is 70.4 Å². The standard InChI is InChI=1S/C22H21N7OS/c1-16-23-9-10-29(16)20-8-7-19(25-26-20)27-11-13-28(14-12-27)22(30)18-15-31-21(24-18)17-5-3-2-4-6-17/h2-10,15H,11-14H2,1H3. The van der Waals surface area contributed by atoms with Crippen LogP contribution in [0.25, 0.3) is 16.4 Å². The molecule has 156 valence electrons. The highest BCUT2D eigenvalue weighted by Crippen LogP contribution is 2.24. The van der Waals surface area contributed by atoms with Gasteiger partial charge in [-0.2, -0.15) is 0 Å². The minimum atomic E-state index is -0.0184. The van der Waals surface area contributed by atoms with E-state index in [0.717, 1.165) is 28.0 Å². The number of rotatable bonds is 4. The Balaban J connectivity index is 1.22. The Hall–Kier alpha value is -3.59. The SMILES string of the molecule is Cc1nccn1-c1ccc(N2CCN(C(=O)c3csc(-c4ccccc4)n3)CC2)nn1. The maximum absolute atomic E-state index is 12.9.